The van der Waals surface area contributed by atoms with Crippen LogP contribution in [0.3, 0.4) is 0 Å². The minimum atomic E-state index is -4.56. The number of anilines is 2. The van der Waals surface area contributed by atoms with Gasteiger partial charge in [0.15, 0.2) is 5.88 Å². The van der Waals surface area contributed by atoms with Gasteiger partial charge in [0.2, 0.25) is 5.95 Å². The van der Waals surface area contributed by atoms with Crippen molar-refractivity contribution in [1.29, 1.82) is 0 Å². The molecule has 0 amide bonds. The molecule has 0 saturated carbocycles. The van der Waals surface area contributed by atoms with E-state index in [1.807, 2.05) is 25.1 Å². The van der Waals surface area contributed by atoms with Crippen LogP contribution in [0.25, 0.3) is 11.0 Å². The number of allylic oxidation sites excluding steroid dienone is 2. The number of aromatic amines is 1. The second-order valence-electron chi connectivity index (χ2n) is 6.48. The molecular weight excluding hydrogens is 381 g/mol. The maximum atomic E-state index is 13.1. The van der Waals surface area contributed by atoms with Gasteiger partial charge in [0.05, 0.1) is 16.6 Å². The Morgan fingerprint density at radius 3 is 2.59 bits per heavy atom. The number of nitrogens with two attached hydrogens (primary N) is 1. The number of benzene rings is 2. The summed E-state index contributed by atoms with van der Waals surface area (Å²) in [6.45, 7) is 5.41. The van der Waals surface area contributed by atoms with Gasteiger partial charge in [-0.05, 0) is 55.7 Å². The Bertz CT molecular complexity index is 1040. The summed E-state index contributed by atoms with van der Waals surface area (Å²) < 4.78 is 44.7. The maximum Gasteiger partial charge on any atom is 0.417 e. The lowest BCUT2D eigenvalue weighted by Crippen LogP contribution is -2.21. The van der Waals surface area contributed by atoms with Gasteiger partial charge < -0.3 is 20.8 Å². The number of nitrogens with one attached hydrogen (secondary N) is 2. The molecule has 152 valence electrons. The molecule has 0 spiro atoms. The Morgan fingerprint density at radius 1 is 1.24 bits per heavy atom. The van der Waals surface area contributed by atoms with Crippen LogP contribution in [0.1, 0.15) is 18.4 Å². The number of aromatic nitrogens is 2. The van der Waals surface area contributed by atoms with Gasteiger partial charge >= 0.3 is 6.18 Å². The fourth-order valence-electron chi connectivity index (χ4n) is 2.82. The molecule has 0 saturated heterocycles. The number of hydrogen-bond donors (Lipinski definition) is 3. The average molecular weight is 402 g/mol. The molecule has 3 rings (SSSR count). The van der Waals surface area contributed by atoms with E-state index in [9.17, 15) is 13.2 Å². The minimum absolute atomic E-state index is 0.152. The molecule has 5 nitrogen and oxygen atoms in total. The van der Waals surface area contributed by atoms with Gasteiger partial charge in [0, 0.05) is 5.69 Å². The largest absolute Gasteiger partial charge is 0.441 e. The number of hydrogen-bond acceptors (Lipinski definition) is 4. The number of fused-ring (bicyclic) bond motifs is 1. The Hall–Kier alpha value is -3.42. The summed E-state index contributed by atoms with van der Waals surface area (Å²) in [5, 5.41) is 3.12. The first kappa shape index (κ1) is 20.3. The van der Waals surface area contributed by atoms with Gasteiger partial charge in [-0.1, -0.05) is 18.2 Å². The average Bonchev–Trinajstić information content (AvgIpc) is 3.06. The number of halogens is 3. The first-order chi connectivity index (χ1) is 13.8. The Morgan fingerprint density at radius 2 is 1.97 bits per heavy atom. The van der Waals surface area contributed by atoms with E-state index in [0.29, 0.717) is 11.6 Å². The van der Waals surface area contributed by atoms with Crippen LogP contribution in [0.2, 0.25) is 0 Å². The van der Waals surface area contributed by atoms with Crippen LogP contribution >= 0.6 is 0 Å². The van der Waals surface area contributed by atoms with E-state index in [1.54, 1.807) is 12.1 Å². The van der Waals surface area contributed by atoms with Crippen molar-refractivity contribution in [3.8, 4) is 5.75 Å². The maximum absolute atomic E-state index is 13.1. The fraction of sp³-hybridized carbons (Fsp3) is 0.190. The molecular formula is C21H21F3N4O. The molecule has 4 N–H and O–H groups in total. The highest BCUT2D eigenvalue weighted by molar-refractivity contribution is 5.81. The third-order valence-electron chi connectivity index (χ3n) is 4.30. The van der Waals surface area contributed by atoms with E-state index in [1.165, 1.54) is 18.2 Å². The summed E-state index contributed by atoms with van der Waals surface area (Å²) in [5.74, 6) is 0.104. The summed E-state index contributed by atoms with van der Waals surface area (Å²) in [4.78, 5) is 7.67. The van der Waals surface area contributed by atoms with E-state index >= 15 is 0 Å². The summed E-state index contributed by atoms with van der Waals surface area (Å²) in [6, 6.07) is 12.2. The molecule has 29 heavy (non-hydrogen) atoms. The standard InChI is InChI=1S/C21H21F3N4O/c1-3-4-7-16(21(22,23)24)19(25)29-15-11-9-14(10-12-15)26-20-27-17-8-5-6-13(2)18(17)28-20/h3,5-6,8-12H,1,4,7,25H2,2H3,(H2,26,27,28)/b19-16-. The minimum Gasteiger partial charge on any atom is -0.441 e. The van der Waals surface area contributed by atoms with Gasteiger partial charge in [-0.2, -0.15) is 13.2 Å². The molecule has 3 aromatic rings. The van der Waals surface area contributed by atoms with Crippen LogP contribution in [0.4, 0.5) is 24.8 Å². The summed E-state index contributed by atoms with van der Waals surface area (Å²) in [6.07, 6.45) is -3.30. The van der Waals surface area contributed by atoms with Crippen molar-refractivity contribution in [1.82, 2.24) is 9.97 Å². The summed E-state index contributed by atoms with van der Waals surface area (Å²) in [7, 11) is 0. The lowest BCUT2D eigenvalue weighted by molar-refractivity contribution is -0.0965. The van der Waals surface area contributed by atoms with Gasteiger partial charge in [-0.25, -0.2) is 4.98 Å². The van der Waals surface area contributed by atoms with E-state index in [2.05, 4.69) is 21.9 Å². The smallest absolute Gasteiger partial charge is 0.417 e. The van der Waals surface area contributed by atoms with Crippen molar-refractivity contribution in [2.75, 3.05) is 5.32 Å². The van der Waals surface area contributed by atoms with Crippen LogP contribution in [0.5, 0.6) is 5.75 Å². The van der Waals surface area contributed by atoms with Gasteiger partial charge in [-0.15, -0.1) is 6.58 Å². The zero-order chi connectivity index (χ0) is 21.0. The van der Waals surface area contributed by atoms with Crippen LogP contribution in [-0.2, 0) is 0 Å². The third-order valence-corrected chi connectivity index (χ3v) is 4.30. The molecule has 0 radical (unpaired) electrons. The van der Waals surface area contributed by atoms with Crippen LogP contribution < -0.4 is 15.8 Å². The zero-order valence-electron chi connectivity index (χ0n) is 15.8. The normalized spacial score (nSPS) is 12.6. The molecule has 2 aromatic carbocycles. The predicted octanol–water partition coefficient (Wildman–Crippen LogP) is 5.69. The van der Waals surface area contributed by atoms with Crippen molar-refractivity contribution >= 4 is 22.7 Å². The Balaban J connectivity index is 1.74. The fourth-order valence-corrected chi connectivity index (χ4v) is 2.82. The number of H-pyrrole nitrogens is 1. The van der Waals surface area contributed by atoms with Crippen LogP contribution in [0, 0.1) is 6.92 Å². The molecule has 0 unspecified atom stereocenters. The van der Waals surface area contributed by atoms with Crippen molar-refractivity contribution in [2.45, 2.75) is 25.9 Å². The highest BCUT2D eigenvalue weighted by Gasteiger charge is 2.36. The highest BCUT2D eigenvalue weighted by atomic mass is 19.4. The number of nitrogens with zero attached hydrogens (tertiary/aromatic N) is 1. The third kappa shape index (κ3) is 4.90. The number of ether oxygens (including phenoxy) is 1. The van der Waals surface area contributed by atoms with Crippen molar-refractivity contribution < 1.29 is 17.9 Å². The molecule has 0 aliphatic heterocycles. The van der Waals surface area contributed by atoms with Crippen molar-refractivity contribution in [3.05, 3.63) is 72.1 Å². The lowest BCUT2D eigenvalue weighted by atomic mass is 10.1. The zero-order valence-corrected chi connectivity index (χ0v) is 15.8. The quantitative estimate of drug-likeness (QED) is 0.350. The number of para-hydroxylation sites is 1. The molecule has 8 heteroatoms. The van der Waals surface area contributed by atoms with Crippen LogP contribution in [-0.4, -0.2) is 16.1 Å². The predicted molar refractivity (Wildman–Crippen MR) is 108 cm³/mol. The Kier molecular flexibility index (Phi) is 5.81. The molecule has 0 bridgehead atoms. The van der Waals surface area contributed by atoms with E-state index in [-0.39, 0.29) is 18.6 Å². The van der Waals surface area contributed by atoms with Crippen molar-refractivity contribution in [2.24, 2.45) is 5.73 Å². The van der Waals surface area contributed by atoms with Gasteiger partial charge in [0.1, 0.15) is 5.75 Å². The molecule has 0 aliphatic carbocycles. The molecule has 0 atom stereocenters. The monoisotopic (exact) mass is 402 g/mol. The van der Waals surface area contributed by atoms with Crippen molar-refractivity contribution in [3.63, 3.8) is 0 Å². The molecule has 1 heterocycles. The van der Waals surface area contributed by atoms with Gasteiger partial charge in [-0.3, -0.25) is 0 Å². The topological polar surface area (TPSA) is 76.0 Å². The van der Waals surface area contributed by atoms with Gasteiger partial charge in [0.25, 0.3) is 0 Å². The highest BCUT2D eigenvalue weighted by Crippen LogP contribution is 2.31. The number of rotatable bonds is 7. The number of alkyl halides is 3. The summed E-state index contributed by atoms with van der Waals surface area (Å²) in [5.41, 5.74) is 8.18. The molecule has 1 aromatic heterocycles. The van der Waals surface area contributed by atoms with E-state index in [0.717, 1.165) is 16.6 Å². The van der Waals surface area contributed by atoms with Crippen LogP contribution in [0.15, 0.2) is 66.6 Å². The first-order valence-corrected chi connectivity index (χ1v) is 8.95. The Labute approximate surface area is 166 Å². The second kappa shape index (κ2) is 8.30. The number of imidazole rings is 1. The van der Waals surface area contributed by atoms with E-state index in [4.69, 9.17) is 10.5 Å². The van der Waals surface area contributed by atoms with E-state index < -0.39 is 17.6 Å². The SMILES string of the molecule is C=CCC/C(=C(\N)Oc1ccc(Nc2nc3c(C)cccc3[nH]2)cc1)C(F)(F)F. The summed E-state index contributed by atoms with van der Waals surface area (Å²) >= 11 is 0. The lowest BCUT2D eigenvalue weighted by Gasteiger charge is -2.15. The number of aryl methyl sites for hydroxylation is 1. The molecule has 0 aliphatic rings. The molecule has 0 fully saturated rings. The second-order valence-corrected chi connectivity index (χ2v) is 6.48. The first-order valence-electron chi connectivity index (χ1n) is 8.95.